The third-order valence-electron chi connectivity index (χ3n) is 3.50. The Morgan fingerprint density at radius 2 is 2.24 bits per heavy atom. The van der Waals surface area contributed by atoms with Gasteiger partial charge in [-0.1, -0.05) is 19.3 Å². The van der Waals surface area contributed by atoms with E-state index < -0.39 is 0 Å². The van der Waals surface area contributed by atoms with Crippen molar-refractivity contribution in [1.82, 2.24) is 20.1 Å². The average Bonchev–Trinajstić information content (AvgIpc) is 2.90. The van der Waals surface area contributed by atoms with Gasteiger partial charge in [-0.2, -0.15) is 5.10 Å². The minimum Gasteiger partial charge on any atom is -0.354 e. The van der Waals surface area contributed by atoms with E-state index in [4.69, 9.17) is 0 Å². The predicted molar refractivity (Wildman–Crippen MR) is 64.3 cm³/mol. The topological polar surface area (TPSA) is 59.8 Å². The van der Waals surface area contributed by atoms with Crippen LogP contribution in [0.25, 0.3) is 0 Å². The molecule has 1 saturated carbocycles. The predicted octanol–water partition coefficient (Wildman–Crippen LogP) is 1.54. The zero-order valence-corrected chi connectivity index (χ0v) is 10.3. The van der Waals surface area contributed by atoms with Crippen LogP contribution in [0.2, 0.25) is 0 Å². The molecule has 0 radical (unpaired) electrons. The Morgan fingerprint density at radius 3 is 2.88 bits per heavy atom. The van der Waals surface area contributed by atoms with E-state index in [0.29, 0.717) is 5.92 Å². The van der Waals surface area contributed by atoms with Gasteiger partial charge in [0.15, 0.2) is 0 Å². The molecule has 1 N–H and O–H groups in total. The molecule has 2 rings (SSSR count). The number of carbonyl (C=O) groups excluding carboxylic acids is 1. The fraction of sp³-hybridized carbons (Fsp3) is 0.750. The average molecular weight is 236 g/mol. The lowest BCUT2D eigenvalue weighted by Crippen LogP contribution is -2.35. The maximum Gasteiger partial charge on any atom is 0.244 e. The van der Waals surface area contributed by atoms with Gasteiger partial charge in [-0.3, -0.25) is 4.79 Å². The third kappa shape index (κ3) is 3.28. The molecule has 0 aromatic carbocycles. The van der Waals surface area contributed by atoms with Crippen molar-refractivity contribution in [2.75, 3.05) is 6.54 Å². The molecule has 1 aromatic rings. The van der Waals surface area contributed by atoms with Gasteiger partial charge in [0.2, 0.25) is 5.91 Å². The van der Waals surface area contributed by atoms with Crippen molar-refractivity contribution in [3.05, 3.63) is 12.7 Å². The highest BCUT2D eigenvalue weighted by Crippen LogP contribution is 2.22. The molecule has 5 nitrogen and oxygen atoms in total. The van der Waals surface area contributed by atoms with Crippen molar-refractivity contribution in [3.63, 3.8) is 0 Å². The van der Waals surface area contributed by atoms with Gasteiger partial charge in [-0.15, -0.1) is 0 Å². The van der Waals surface area contributed by atoms with Crippen LogP contribution in [0.3, 0.4) is 0 Å². The van der Waals surface area contributed by atoms with Crippen molar-refractivity contribution < 1.29 is 4.79 Å². The number of carbonyl (C=O) groups is 1. The molecule has 0 saturated heterocycles. The van der Waals surface area contributed by atoms with Crippen LogP contribution in [0.15, 0.2) is 12.7 Å². The fourth-order valence-corrected chi connectivity index (χ4v) is 2.32. The summed E-state index contributed by atoms with van der Waals surface area (Å²) in [5.41, 5.74) is 0. The van der Waals surface area contributed by atoms with Crippen LogP contribution < -0.4 is 5.32 Å². The monoisotopic (exact) mass is 236 g/mol. The summed E-state index contributed by atoms with van der Waals surface area (Å²) in [6.45, 7) is 2.64. The lowest BCUT2D eigenvalue weighted by molar-refractivity contribution is -0.124. The molecule has 5 heteroatoms. The van der Waals surface area contributed by atoms with Crippen molar-refractivity contribution >= 4 is 5.91 Å². The van der Waals surface area contributed by atoms with Gasteiger partial charge in [0, 0.05) is 6.54 Å². The van der Waals surface area contributed by atoms with Gasteiger partial charge in [-0.25, -0.2) is 9.67 Å². The Balaban J connectivity index is 1.76. The molecule has 17 heavy (non-hydrogen) atoms. The van der Waals surface area contributed by atoms with Crippen LogP contribution in [0.1, 0.15) is 45.1 Å². The van der Waals surface area contributed by atoms with Gasteiger partial charge in [0.1, 0.15) is 18.7 Å². The Morgan fingerprint density at radius 1 is 1.47 bits per heavy atom. The quantitative estimate of drug-likeness (QED) is 0.862. The summed E-state index contributed by atoms with van der Waals surface area (Å²) in [6, 6.07) is -0.277. The summed E-state index contributed by atoms with van der Waals surface area (Å²) in [7, 11) is 0. The van der Waals surface area contributed by atoms with Crippen LogP contribution in [0.4, 0.5) is 0 Å². The molecule has 1 heterocycles. The minimum atomic E-state index is -0.277. The molecule has 1 atom stereocenters. The van der Waals surface area contributed by atoms with E-state index in [1.807, 2.05) is 6.92 Å². The molecule has 1 aliphatic rings. The molecule has 1 aromatic heterocycles. The van der Waals surface area contributed by atoms with E-state index in [1.54, 1.807) is 11.0 Å². The van der Waals surface area contributed by atoms with Gasteiger partial charge in [-0.05, 0) is 25.7 Å². The van der Waals surface area contributed by atoms with Crippen LogP contribution in [-0.4, -0.2) is 27.2 Å². The Labute approximate surface area is 102 Å². The largest absolute Gasteiger partial charge is 0.354 e. The first-order valence-corrected chi connectivity index (χ1v) is 6.39. The number of hydrogen-bond acceptors (Lipinski definition) is 3. The molecule has 0 unspecified atom stereocenters. The van der Waals surface area contributed by atoms with E-state index >= 15 is 0 Å². The van der Waals surface area contributed by atoms with Gasteiger partial charge >= 0.3 is 0 Å². The highest BCUT2D eigenvalue weighted by molar-refractivity contribution is 5.79. The second-order valence-electron chi connectivity index (χ2n) is 4.80. The Hall–Kier alpha value is -1.39. The van der Waals surface area contributed by atoms with Crippen molar-refractivity contribution in [3.8, 4) is 0 Å². The number of rotatable bonds is 4. The molecule has 1 aliphatic carbocycles. The first-order chi connectivity index (χ1) is 8.27. The maximum absolute atomic E-state index is 11.9. The highest BCUT2D eigenvalue weighted by Gasteiger charge is 2.18. The molecular formula is C12H20N4O. The van der Waals surface area contributed by atoms with Crippen LogP contribution >= 0.6 is 0 Å². The molecule has 94 valence electrons. The number of hydrogen-bond donors (Lipinski definition) is 1. The SMILES string of the molecule is C[C@@H](C(=O)NCC1CCCCC1)n1cncn1. The van der Waals surface area contributed by atoms with Gasteiger partial charge in [0.05, 0.1) is 0 Å². The van der Waals surface area contributed by atoms with Gasteiger partial charge in [0.25, 0.3) is 0 Å². The van der Waals surface area contributed by atoms with E-state index in [-0.39, 0.29) is 11.9 Å². The standard InChI is InChI=1S/C12H20N4O/c1-10(16-9-13-8-15-16)12(17)14-7-11-5-3-2-4-6-11/h8-11H,2-7H2,1H3,(H,14,17)/t10-/m0/s1. The van der Waals surface area contributed by atoms with Crippen molar-refractivity contribution in [2.24, 2.45) is 5.92 Å². The number of nitrogens with zero attached hydrogens (tertiary/aromatic N) is 3. The van der Waals surface area contributed by atoms with E-state index in [9.17, 15) is 4.79 Å². The number of nitrogens with one attached hydrogen (secondary N) is 1. The summed E-state index contributed by atoms with van der Waals surface area (Å²) in [5, 5.41) is 6.99. The van der Waals surface area contributed by atoms with Crippen LogP contribution in [0.5, 0.6) is 0 Å². The molecule has 0 bridgehead atoms. The van der Waals surface area contributed by atoms with E-state index in [1.165, 1.54) is 38.4 Å². The number of aromatic nitrogens is 3. The van der Waals surface area contributed by atoms with Crippen molar-refractivity contribution in [2.45, 2.75) is 45.1 Å². The van der Waals surface area contributed by atoms with Crippen LogP contribution in [-0.2, 0) is 4.79 Å². The summed E-state index contributed by atoms with van der Waals surface area (Å²) >= 11 is 0. The van der Waals surface area contributed by atoms with Crippen LogP contribution in [0, 0.1) is 5.92 Å². The first kappa shape index (κ1) is 12.1. The lowest BCUT2D eigenvalue weighted by Gasteiger charge is -2.22. The molecular weight excluding hydrogens is 216 g/mol. The molecule has 1 fully saturated rings. The Bertz CT molecular complexity index is 343. The summed E-state index contributed by atoms with van der Waals surface area (Å²) in [4.78, 5) is 15.7. The zero-order chi connectivity index (χ0) is 12.1. The second-order valence-corrected chi connectivity index (χ2v) is 4.80. The smallest absolute Gasteiger partial charge is 0.244 e. The second kappa shape index (κ2) is 5.80. The van der Waals surface area contributed by atoms with Crippen molar-refractivity contribution in [1.29, 1.82) is 0 Å². The molecule has 0 spiro atoms. The summed E-state index contributed by atoms with van der Waals surface area (Å²) in [6.07, 6.45) is 9.48. The zero-order valence-electron chi connectivity index (χ0n) is 10.3. The number of amides is 1. The minimum absolute atomic E-state index is 0.0288. The molecule has 1 amide bonds. The normalized spacial score (nSPS) is 18.9. The highest BCUT2D eigenvalue weighted by atomic mass is 16.2. The molecule has 0 aliphatic heterocycles. The Kier molecular flexibility index (Phi) is 4.12. The summed E-state index contributed by atoms with van der Waals surface area (Å²) in [5.74, 6) is 0.691. The summed E-state index contributed by atoms with van der Waals surface area (Å²) < 4.78 is 1.58. The maximum atomic E-state index is 11.9. The van der Waals surface area contributed by atoms with E-state index in [2.05, 4.69) is 15.4 Å². The lowest BCUT2D eigenvalue weighted by atomic mass is 9.89. The third-order valence-corrected chi connectivity index (χ3v) is 3.50. The first-order valence-electron chi connectivity index (χ1n) is 6.39. The van der Waals surface area contributed by atoms with E-state index in [0.717, 1.165) is 6.54 Å². The fourth-order valence-electron chi connectivity index (χ4n) is 2.32. The van der Waals surface area contributed by atoms with Gasteiger partial charge < -0.3 is 5.32 Å².